The number of nitrogens with one attached hydrogen (secondary N) is 1. The van der Waals surface area contributed by atoms with Gasteiger partial charge in [-0.25, -0.2) is 0 Å². The molecular weight excluding hydrogens is 342 g/mol. The van der Waals surface area contributed by atoms with Gasteiger partial charge in [0.1, 0.15) is 0 Å². The second-order valence-electron chi connectivity index (χ2n) is 7.84. The molecule has 21 heavy (non-hydrogen) atoms. The maximum absolute atomic E-state index is 3.95. The number of thiophene rings is 1. The molecule has 0 spiro atoms. The van der Waals surface area contributed by atoms with Crippen molar-refractivity contribution >= 4 is 27.3 Å². The molecule has 1 unspecified atom stereocenters. The molecular formula is C18H26BrNS. The third kappa shape index (κ3) is 2.53. The summed E-state index contributed by atoms with van der Waals surface area (Å²) in [6.45, 7) is 3.43. The van der Waals surface area contributed by atoms with Crippen molar-refractivity contribution in [1.82, 2.24) is 5.32 Å². The Kier molecular flexibility index (Phi) is 3.96. The molecule has 4 fully saturated rings. The van der Waals surface area contributed by atoms with E-state index in [1.54, 1.807) is 0 Å². The Morgan fingerprint density at radius 2 is 1.81 bits per heavy atom. The molecule has 4 saturated carbocycles. The summed E-state index contributed by atoms with van der Waals surface area (Å²) in [5.41, 5.74) is 2.09. The highest BCUT2D eigenvalue weighted by molar-refractivity contribution is 9.10. The fourth-order valence-electron chi connectivity index (χ4n) is 5.97. The second kappa shape index (κ2) is 5.65. The Morgan fingerprint density at radius 1 is 1.19 bits per heavy atom. The van der Waals surface area contributed by atoms with Crippen molar-refractivity contribution < 1.29 is 0 Å². The van der Waals surface area contributed by atoms with E-state index in [0.717, 1.165) is 24.3 Å². The zero-order valence-electron chi connectivity index (χ0n) is 12.9. The van der Waals surface area contributed by atoms with Crippen LogP contribution >= 0.6 is 27.3 Å². The molecule has 5 rings (SSSR count). The predicted molar refractivity (Wildman–Crippen MR) is 93.7 cm³/mol. The van der Waals surface area contributed by atoms with Crippen LogP contribution in [0.4, 0.5) is 0 Å². The molecule has 116 valence electrons. The molecule has 1 aromatic heterocycles. The van der Waals surface area contributed by atoms with Crippen molar-refractivity contribution in [3.8, 4) is 0 Å². The fourth-order valence-corrected chi connectivity index (χ4v) is 7.53. The molecule has 1 heterocycles. The van der Waals surface area contributed by atoms with E-state index in [4.69, 9.17) is 0 Å². The Balaban J connectivity index is 1.68. The molecule has 1 N–H and O–H groups in total. The maximum atomic E-state index is 3.95. The van der Waals surface area contributed by atoms with Crippen LogP contribution in [-0.2, 0) is 0 Å². The molecule has 0 saturated heterocycles. The van der Waals surface area contributed by atoms with Gasteiger partial charge in [-0.1, -0.05) is 6.92 Å². The van der Waals surface area contributed by atoms with E-state index in [2.05, 4.69) is 38.9 Å². The lowest BCUT2D eigenvalue weighted by Gasteiger charge is -2.59. The minimum Gasteiger partial charge on any atom is -0.309 e. The van der Waals surface area contributed by atoms with Crippen LogP contribution in [-0.4, -0.2) is 6.54 Å². The van der Waals surface area contributed by atoms with E-state index < -0.39 is 0 Å². The zero-order valence-corrected chi connectivity index (χ0v) is 15.3. The van der Waals surface area contributed by atoms with E-state index in [9.17, 15) is 0 Å². The lowest BCUT2D eigenvalue weighted by molar-refractivity contribution is -0.0748. The minimum atomic E-state index is 0.549. The lowest BCUT2D eigenvalue weighted by Crippen LogP contribution is -2.52. The minimum absolute atomic E-state index is 0.549. The van der Waals surface area contributed by atoms with E-state index >= 15 is 0 Å². The quantitative estimate of drug-likeness (QED) is 0.696. The van der Waals surface area contributed by atoms with Crippen LogP contribution < -0.4 is 5.32 Å². The Bertz CT molecular complexity index is 474. The largest absolute Gasteiger partial charge is 0.309 e. The zero-order chi connectivity index (χ0) is 14.4. The first-order valence-corrected chi connectivity index (χ1v) is 10.4. The summed E-state index contributed by atoms with van der Waals surface area (Å²) in [5, 5.41) is 8.59. The Labute approximate surface area is 141 Å². The average molecular weight is 368 g/mol. The van der Waals surface area contributed by atoms with Gasteiger partial charge in [-0.3, -0.25) is 0 Å². The van der Waals surface area contributed by atoms with Gasteiger partial charge >= 0.3 is 0 Å². The van der Waals surface area contributed by atoms with Gasteiger partial charge in [-0.05, 0) is 102 Å². The lowest BCUT2D eigenvalue weighted by atomic mass is 9.47. The van der Waals surface area contributed by atoms with Crippen molar-refractivity contribution in [2.75, 3.05) is 6.54 Å². The maximum Gasteiger partial charge on any atom is 0.0397 e. The smallest absolute Gasteiger partial charge is 0.0397 e. The third-order valence-electron chi connectivity index (χ3n) is 6.25. The highest BCUT2D eigenvalue weighted by atomic mass is 79.9. The first kappa shape index (κ1) is 14.7. The van der Waals surface area contributed by atoms with Gasteiger partial charge in [0.25, 0.3) is 0 Å². The van der Waals surface area contributed by atoms with E-state index in [1.165, 1.54) is 55.0 Å². The van der Waals surface area contributed by atoms with Crippen LogP contribution in [0.2, 0.25) is 0 Å². The van der Waals surface area contributed by atoms with Gasteiger partial charge in [-0.2, -0.15) is 11.3 Å². The van der Waals surface area contributed by atoms with Gasteiger partial charge in [0.05, 0.1) is 0 Å². The van der Waals surface area contributed by atoms with Gasteiger partial charge < -0.3 is 5.32 Å². The molecule has 0 aromatic carbocycles. The summed E-state index contributed by atoms with van der Waals surface area (Å²) in [6.07, 6.45) is 10.2. The van der Waals surface area contributed by atoms with Crippen molar-refractivity contribution in [3.63, 3.8) is 0 Å². The van der Waals surface area contributed by atoms with Gasteiger partial charge in [-0.15, -0.1) is 0 Å². The van der Waals surface area contributed by atoms with E-state index in [-0.39, 0.29) is 0 Å². The summed E-state index contributed by atoms with van der Waals surface area (Å²) in [4.78, 5) is 0. The SMILES string of the molecule is CCCNC(c1cscc1Br)C12CC3CC(CC(C3)C1)C2. The molecule has 1 aromatic rings. The van der Waals surface area contributed by atoms with Gasteiger partial charge in [0.15, 0.2) is 0 Å². The Hall–Kier alpha value is 0.140. The highest BCUT2D eigenvalue weighted by Crippen LogP contribution is 2.64. The number of halogens is 1. The third-order valence-corrected chi connectivity index (χ3v) is 8.00. The topological polar surface area (TPSA) is 12.0 Å². The molecule has 4 aliphatic rings. The van der Waals surface area contributed by atoms with Crippen LogP contribution in [0, 0.1) is 23.2 Å². The van der Waals surface area contributed by atoms with Gasteiger partial charge in [0, 0.05) is 15.9 Å². The van der Waals surface area contributed by atoms with Crippen LogP contribution in [0.3, 0.4) is 0 Å². The first-order valence-electron chi connectivity index (χ1n) is 8.65. The van der Waals surface area contributed by atoms with Crippen molar-refractivity contribution in [3.05, 3.63) is 20.8 Å². The molecule has 4 aliphatic carbocycles. The summed E-state index contributed by atoms with van der Waals surface area (Å²) in [6, 6.07) is 0.575. The number of hydrogen-bond donors (Lipinski definition) is 1. The van der Waals surface area contributed by atoms with E-state index in [1.807, 2.05) is 11.3 Å². The normalized spacial score (nSPS) is 38.9. The van der Waals surface area contributed by atoms with Crippen molar-refractivity contribution in [1.29, 1.82) is 0 Å². The Morgan fingerprint density at radius 3 is 2.29 bits per heavy atom. The summed E-state index contributed by atoms with van der Waals surface area (Å²) < 4.78 is 1.33. The molecule has 0 radical (unpaired) electrons. The first-order chi connectivity index (χ1) is 10.2. The molecule has 0 aliphatic heterocycles. The molecule has 1 atom stereocenters. The summed E-state index contributed by atoms with van der Waals surface area (Å²) in [5.74, 6) is 3.08. The average Bonchev–Trinajstić information content (AvgIpc) is 2.84. The van der Waals surface area contributed by atoms with Crippen molar-refractivity contribution in [2.45, 2.75) is 57.9 Å². The number of rotatable bonds is 5. The number of hydrogen-bond acceptors (Lipinski definition) is 2. The van der Waals surface area contributed by atoms with Crippen molar-refractivity contribution in [2.24, 2.45) is 23.2 Å². The second-order valence-corrected chi connectivity index (χ2v) is 9.44. The standard InChI is InChI=1S/C18H26BrNS/c1-2-3-20-17(15-10-21-11-16(15)19)18-7-12-4-13(8-18)6-14(5-12)9-18/h10-14,17,20H,2-9H2,1H3. The predicted octanol–water partition coefficient (Wildman–Crippen LogP) is 5.77. The van der Waals surface area contributed by atoms with Gasteiger partial charge in [0.2, 0.25) is 0 Å². The summed E-state index contributed by atoms with van der Waals surface area (Å²) >= 11 is 5.65. The fraction of sp³-hybridized carbons (Fsp3) is 0.778. The molecule has 4 bridgehead atoms. The highest BCUT2D eigenvalue weighted by Gasteiger charge is 2.54. The molecule has 1 nitrogen and oxygen atoms in total. The van der Waals surface area contributed by atoms with Crippen LogP contribution in [0.5, 0.6) is 0 Å². The summed E-state index contributed by atoms with van der Waals surface area (Å²) in [7, 11) is 0. The van der Waals surface area contributed by atoms with Crippen LogP contribution in [0.25, 0.3) is 0 Å². The van der Waals surface area contributed by atoms with Crippen LogP contribution in [0.1, 0.15) is 63.5 Å². The molecule has 0 amide bonds. The molecule has 3 heteroatoms. The van der Waals surface area contributed by atoms with E-state index in [0.29, 0.717) is 11.5 Å². The van der Waals surface area contributed by atoms with Crippen LogP contribution in [0.15, 0.2) is 15.2 Å². The monoisotopic (exact) mass is 367 g/mol.